The lowest BCUT2D eigenvalue weighted by Gasteiger charge is -2.48. The van der Waals surface area contributed by atoms with Gasteiger partial charge in [-0.05, 0) is 90.6 Å². The van der Waals surface area contributed by atoms with Crippen molar-refractivity contribution in [3.05, 3.63) is 57.5 Å². The first-order valence-corrected chi connectivity index (χ1v) is 15.4. The first-order chi connectivity index (χ1) is 20.3. The Bertz CT molecular complexity index is 1400. The number of fused-ring (bicyclic) bond motifs is 1. The minimum Gasteiger partial charge on any atom is -0.444 e. The lowest BCUT2D eigenvalue weighted by atomic mass is 9.84. The van der Waals surface area contributed by atoms with Crippen LogP contribution in [0, 0.1) is 6.92 Å². The van der Waals surface area contributed by atoms with Crippen molar-refractivity contribution in [1.29, 1.82) is 0 Å². The molecule has 1 unspecified atom stereocenters. The fraction of sp³-hybridized carbons (Fsp3) is 0.594. The molecular formula is C32H46N6O5. The summed E-state index contributed by atoms with van der Waals surface area (Å²) in [4.78, 5) is 45.9. The van der Waals surface area contributed by atoms with Gasteiger partial charge in [0, 0.05) is 30.5 Å². The number of carbonyl (C=O) groups is 2. The first-order valence-electron chi connectivity index (χ1n) is 15.4. The minimum absolute atomic E-state index is 0.00178. The van der Waals surface area contributed by atoms with Crippen molar-refractivity contribution in [3.8, 4) is 0 Å². The van der Waals surface area contributed by atoms with Crippen molar-refractivity contribution in [2.24, 2.45) is 0 Å². The summed E-state index contributed by atoms with van der Waals surface area (Å²) in [5.41, 5.74) is 6.34. The van der Waals surface area contributed by atoms with Gasteiger partial charge in [-0.15, -0.1) is 0 Å². The van der Waals surface area contributed by atoms with E-state index >= 15 is 0 Å². The summed E-state index contributed by atoms with van der Waals surface area (Å²) < 4.78 is 11.2. The van der Waals surface area contributed by atoms with E-state index in [1.54, 1.807) is 11.1 Å². The molecule has 11 nitrogen and oxygen atoms in total. The minimum atomic E-state index is -0.547. The van der Waals surface area contributed by atoms with Crippen LogP contribution in [0.25, 0.3) is 0 Å². The van der Waals surface area contributed by atoms with E-state index in [1.165, 1.54) is 0 Å². The zero-order valence-electron chi connectivity index (χ0n) is 26.5. The number of pyridine rings is 1. The van der Waals surface area contributed by atoms with Crippen LogP contribution in [0.4, 0.5) is 16.2 Å². The number of nitrogens with zero attached hydrogens (tertiary/aromatic N) is 3. The highest BCUT2D eigenvalue weighted by molar-refractivity contribution is 5.96. The van der Waals surface area contributed by atoms with Crippen LogP contribution in [0.1, 0.15) is 88.5 Å². The highest BCUT2D eigenvalue weighted by Gasteiger charge is 2.46. The van der Waals surface area contributed by atoms with E-state index in [1.807, 2.05) is 70.7 Å². The maximum atomic E-state index is 13.5. The number of rotatable bonds is 5. The normalized spacial score (nSPS) is 23.6. The van der Waals surface area contributed by atoms with E-state index in [0.29, 0.717) is 37.4 Å². The predicted molar refractivity (Wildman–Crippen MR) is 166 cm³/mol. The molecule has 2 amide bonds. The van der Waals surface area contributed by atoms with Crippen LogP contribution in [0.15, 0.2) is 35.3 Å². The molecule has 234 valence electrons. The Morgan fingerprint density at radius 1 is 1.12 bits per heavy atom. The van der Waals surface area contributed by atoms with Crippen molar-refractivity contribution in [1.82, 2.24) is 20.2 Å². The van der Waals surface area contributed by atoms with Gasteiger partial charge in [0.25, 0.3) is 11.5 Å². The third-order valence-electron chi connectivity index (χ3n) is 8.91. The lowest BCUT2D eigenvalue weighted by Crippen LogP contribution is -2.60. The van der Waals surface area contributed by atoms with Gasteiger partial charge in [-0.25, -0.2) is 10.2 Å². The average Bonchev–Trinajstić information content (AvgIpc) is 3.32. The van der Waals surface area contributed by atoms with Gasteiger partial charge >= 0.3 is 6.09 Å². The average molecular weight is 595 g/mol. The number of H-pyrrole nitrogens is 1. The Morgan fingerprint density at radius 3 is 2.40 bits per heavy atom. The lowest BCUT2D eigenvalue weighted by molar-refractivity contribution is -0.0249. The number of morpholine rings is 1. The molecule has 3 atom stereocenters. The molecule has 1 aromatic carbocycles. The zero-order chi connectivity index (χ0) is 31.1. The van der Waals surface area contributed by atoms with E-state index in [9.17, 15) is 14.4 Å². The zero-order valence-corrected chi connectivity index (χ0v) is 26.5. The fourth-order valence-electron chi connectivity index (χ4n) is 6.59. The molecule has 2 aromatic rings. The number of carbonyl (C=O) groups excluding carboxylic acids is 2. The molecule has 3 N–H and O–H groups in total. The summed E-state index contributed by atoms with van der Waals surface area (Å²) in [7, 11) is 0. The van der Waals surface area contributed by atoms with Crippen LogP contribution < -0.4 is 21.3 Å². The molecule has 2 saturated heterocycles. The van der Waals surface area contributed by atoms with Crippen LogP contribution >= 0.6 is 0 Å². The van der Waals surface area contributed by atoms with Crippen LogP contribution in [0.5, 0.6) is 0 Å². The van der Waals surface area contributed by atoms with Gasteiger partial charge in [0.1, 0.15) is 11.8 Å². The second kappa shape index (κ2) is 11.8. The van der Waals surface area contributed by atoms with Crippen LogP contribution in [0.3, 0.4) is 0 Å². The molecule has 0 radical (unpaired) electrons. The Morgan fingerprint density at radius 2 is 1.79 bits per heavy atom. The van der Waals surface area contributed by atoms with Gasteiger partial charge in [-0.1, -0.05) is 6.92 Å². The van der Waals surface area contributed by atoms with Crippen LogP contribution in [-0.4, -0.2) is 76.3 Å². The van der Waals surface area contributed by atoms with Gasteiger partial charge in [-0.2, -0.15) is 0 Å². The highest BCUT2D eigenvalue weighted by Crippen LogP contribution is 2.41. The second-order valence-electron chi connectivity index (χ2n) is 13.2. The quantitative estimate of drug-likeness (QED) is 0.462. The summed E-state index contributed by atoms with van der Waals surface area (Å²) in [6.45, 7) is 15.9. The summed E-state index contributed by atoms with van der Waals surface area (Å²) in [5.74, 6) is 0.00178. The predicted octanol–water partition coefficient (Wildman–Crippen LogP) is 4.55. The number of benzene rings is 1. The van der Waals surface area contributed by atoms with Gasteiger partial charge in [0.05, 0.1) is 42.1 Å². The molecule has 3 aliphatic heterocycles. The van der Waals surface area contributed by atoms with Crippen LogP contribution in [0.2, 0.25) is 0 Å². The number of hydrogen-bond acceptors (Lipinski definition) is 8. The molecule has 43 heavy (non-hydrogen) atoms. The van der Waals surface area contributed by atoms with Gasteiger partial charge in [0.15, 0.2) is 0 Å². The van der Waals surface area contributed by atoms with E-state index < -0.39 is 11.8 Å². The van der Waals surface area contributed by atoms with Crippen molar-refractivity contribution in [3.63, 3.8) is 0 Å². The summed E-state index contributed by atoms with van der Waals surface area (Å²) in [5, 5.41) is 5.64. The maximum Gasteiger partial charge on any atom is 0.410 e. The van der Waals surface area contributed by atoms with Gasteiger partial charge in [0.2, 0.25) is 0 Å². The standard InChI is InChI=1S/C32H46N6O5/c1-8-32(12-15-36(16-13-32)30(41)43-31(5,6)7)38-25-11-14-33-28(39)26(25)27(35-38)34-23-9-10-24(20(2)17-23)29(40)37-21(3)18-42-19-22(37)4/h9-11,14,17,21-22,27,34-35H,8,12-13,15-16,18-19H2,1-7H3,(H,33,39)/t21-,22+,27?. The number of amides is 2. The Hall–Kier alpha value is -3.57. The van der Waals surface area contributed by atoms with Crippen molar-refractivity contribution < 1.29 is 19.1 Å². The van der Waals surface area contributed by atoms with Gasteiger partial charge < -0.3 is 29.6 Å². The molecular weight excluding hydrogens is 548 g/mol. The number of anilines is 2. The number of ether oxygens (including phenoxy) is 2. The number of likely N-dealkylation sites (tertiary alicyclic amines) is 1. The van der Waals surface area contributed by atoms with E-state index in [-0.39, 0.29) is 35.2 Å². The van der Waals surface area contributed by atoms with E-state index in [2.05, 4.69) is 27.7 Å². The highest BCUT2D eigenvalue weighted by atomic mass is 16.6. The number of aromatic amines is 1. The summed E-state index contributed by atoms with van der Waals surface area (Å²) in [6.07, 6.45) is 3.18. The summed E-state index contributed by atoms with van der Waals surface area (Å²) in [6, 6.07) is 7.66. The number of hydrazine groups is 1. The van der Waals surface area contributed by atoms with Gasteiger partial charge in [-0.3, -0.25) is 14.6 Å². The van der Waals surface area contributed by atoms with Crippen LogP contribution in [-0.2, 0) is 9.47 Å². The molecule has 4 heterocycles. The maximum absolute atomic E-state index is 13.5. The Balaban J connectivity index is 1.35. The molecule has 0 saturated carbocycles. The van der Waals surface area contributed by atoms with Crippen molar-refractivity contribution in [2.75, 3.05) is 36.6 Å². The molecule has 3 aliphatic rings. The van der Waals surface area contributed by atoms with Crippen molar-refractivity contribution in [2.45, 2.75) is 97.1 Å². The van der Waals surface area contributed by atoms with E-state index in [4.69, 9.17) is 9.47 Å². The molecule has 1 aromatic heterocycles. The molecule has 2 fully saturated rings. The molecule has 0 bridgehead atoms. The Kier molecular flexibility index (Phi) is 8.50. The summed E-state index contributed by atoms with van der Waals surface area (Å²) >= 11 is 0. The fourth-order valence-corrected chi connectivity index (χ4v) is 6.59. The third-order valence-corrected chi connectivity index (χ3v) is 8.91. The van der Waals surface area contributed by atoms with Crippen molar-refractivity contribution >= 4 is 23.4 Å². The monoisotopic (exact) mass is 594 g/mol. The second-order valence-corrected chi connectivity index (χ2v) is 13.2. The molecule has 11 heteroatoms. The number of aromatic nitrogens is 1. The smallest absolute Gasteiger partial charge is 0.410 e. The topological polar surface area (TPSA) is 119 Å². The molecule has 0 aliphatic carbocycles. The number of aryl methyl sites for hydroxylation is 1. The first kappa shape index (κ1) is 30.9. The molecule has 5 rings (SSSR count). The largest absolute Gasteiger partial charge is 0.444 e. The number of nitrogens with one attached hydrogen (secondary N) is 3. The SMILES string of the molecule is CCC1(N2NC(Nc3ccc(C(=O)N4[C@H](C)COC[C@@H]4C)c(C)c3)c3c2cc[nH]c3=O)CCN(C(=O)OC(C)(C)C)CC1. The van der Waals surface area contributed by atoms with E-state index in [0.717, 1.165) is 36.2 Å². The Labute approximate surface area is 253 Å². The number of piperidine rings is 1. The third kappa shape index (κ3) is 6.10. The molecule has 0 spiro atoms. The number of hydrogen-bond donors (Lipinski definition) is 3.